The second-order valence-electron chi connectivity index (χ2n) is 6.07. The van der Waals surface area contributed by atoms with E-state index in [2.05, 4.69) is 26.8 Å². The second-order valence-corrected chi connectivity index (χ2v) is 6.07. The lowest BCUT2D eigenvalue weighted by Gasteiger charge is -2.36. The van der Waals surface area contributed by atoms with Gasteiger partial charge in [0.1, 0.15) is 0 Å². The minimum absolute atomic E-state index is 0.0108. The van der Waals surface area contributed by atoms with Gasteiger partial charge in [0.2, 0.25) is 0 Å². The Labute approximate surface area is 105 Å². The lowest BCUT2D eigenvalue weighted by Crippen LogP contribution is -2.37. The number of ether oxygens (including phenoxy) is 2. The van der Waals surface area contributed by atoms with Crippen LogP contribution in [0, 0.1) is 5.92 Å². The maximum absolute atomic E-state index is 6.13. The zero-order chi connectivity index (χ0) is 12.3. The molecule has 1 aliphatic carbocycles. The van der Waals surface area contributed by atoms with E-state index in [9.17, 15) is 0 Å². The zero-order valence-electron chi connectivity index (χ0n) is 11.5. The standard InChI is InChI=1S/C15H26O2/c1-12-6-8-13(9-7-12)15(2,3)17-11-14-5-4-10-16-14/h6,13-14H,4-5,7-11H2,1-3H3/t13-,14-/m0/s1. The Morgan fingerprint density at radius 1 is 1.41 bits per heavy atom. The Kier molecular flexibility index (Phi) is 4.26. The van der Waals surface area contributed by atoms with E-state index in [1.807, 2.05) is 0 Å². The number of hydrogen-bond donors (Lipinski definition) is 0. The zero-order valence-corrected chi connectivity index (χ0v) is 11.5. The topological polar surface area (TPSA) is 18.5 Å². The molecular weight excluding hydrogens is 212 g/mol. The minimum atomic E-state index is -0.0108. The van der Waals surface area contributed by atoms with Crippen molar-refractivity contribution in [3.8, 4) is 0 Å². The minimum Gasteiger partial charge on any atom is -0.376 e. The molecule has 2 rings (SSSR count). The first-order valence-corrected chi connectivity index (χ1v) is 6.99. The third-order valence-electron chi connectivity index (χ3n) is 4.29. The van der Waals surface area contributed by atoms with Crippen LogP contribution < -0.4 is 0 Å². The molecule has 0 unspecified atom stereocenters. The van der Waals surface area contributed by atoms with Crippen molar-refractivity contribution in [3.63, 3.8) is 0 Å². The van der Waals surface area contributed by atoms with Crippen LogP contribution in [-0.4, -0.2) is 24.9 Å². The molecule has 0 bridgehead atoms. The molecule has 2 aliphatic rings. The summed E-state index contributed by atoms with van der Waals surface area (Å²) in [4.78, 5) is 0. The molecule has 0 amide bonds. The third kappa shape index (κ3) is 3.56. The monoisotopic (exact) mass is 238 g/mol. The van der Waals surface area contributed by atoms with Gasteiger partial charge in [-0.1, -0.05) is 11.6 Å². The third-order valence-corrected chi connectivity index (χ3v) is 4.29. The normalized spacial score (nSPS) is 30.4. The Morgan fingerprint density at radius 3 is 2.82 bits per heavy atom. The summed E-state index contributed by atoms with van der Waals surface area (Å²) in [5.41, 5.74) is 1.53. The summed E-state index contributed by atoms with van der Waals surface area (Å²) in [5, 5.41) is 0. The summed E-state index contributed by atoms with van der Waals surface area (Å²) in [6, 6.07) is 0. The fraction of sp³-hybridized carbons (Fsp3) is 0.867. The van der Waals surface area contributed by atoms with Gasteiger partial charge in [0.15, 0.2) is 0 Å². The summed E-state index contributed by atoms with van der Waals surface area (Å²) in [6.45, 7) is 8.39. The quantitative estimate of drug-likeness (QED) is 0.695. The molecule has 1 heterocycles. The van der Waals surface area contributed by atoms with E-state index >= 15 is 0 Å². The van der Waals surface area contributed by atoms with Crippen molar-refractivity contribution < 1.29 is 9.47 Å². The second kappa shape index (κ2) is 5.53. The van der Waals surface area contributed by atoms with Crippen LogP contribution in [0.15, 0.2) is 11.6 Å². The van der Waals surface area contributed by atoms with Crippen molar-refractivity contribution in [1.29, 1.82) is 0 Å². The fourth-order valence-corrected chi connectivity index (χ4v) is 2.80. The van der Waals surface area contributed by atoms with Crippen LogP contribution in [0.2, 0.25) is 0 Å². The molecule has 0 radical (unpaired) electrons. The highest BCUT2D eigenvalue weighted by molar-refractivity contribution is 5.05. The number of allylic oxidation sites excluding steroid dienone is 2. The molecule has 2 atom stereocenters. The predicted molar refractivity (Wildman–Crippen MR) is 70.1 cm³/mol. The van der Waals surface area contributed by atoms with E-state index in [0.29, 0.717) is 12.0 Å². The van der Waals surface area contributed by atoms with Gasteiger partial charge in [-0.2, -0.15) is 0 Å². The van der Waals surface area contributed by atoms with E-state index in [1.54, 1.807) is 0 Å². The maximum atomic E-state index is 6.13. The molecular formula is C15H26O2. The fourth-order valence-electron chi connectivity index (χ4n) is 2.80. The molecule has 0 aromatic heterocycles. The molecule has 2 nitrogen and oxygen atoms in total. The first kappa shape index (κ1) is 13.1. The molecule has 0 aromatic rings. The van der Waals surface area contributed by atoms with Crippen LogP contribution in [0.4, 0.5) is 0 Å². The van der Waals surface area contributed by atoms with Crippen molar-refractivity contribution in [2.45, 2.75) is 64.6 Å². The van der Waals surface area contributed by atoms with Gasteiger partial charge in [-0.3, -0.25) is 0 Å². The molecule has 0 spiro atoms. The van der Waals surface area contributed by atoms with Gasteiger partial charge >= 0.3 is 0 Å². The Morgan fingerprint density at radius 2 is 2.24 bits per heavy atom. The maximum Gasteiger partial charge on any atom is 0.0809 e. The molecule has 17 heavy (non-hydrogen) atoms. The summed E-state index contributed by atoms with van der Waals surface area (Å²) in [5.74, 6) is 0.660. The van der Waals surface area contributed by atoms with Crippen molar-refractivity contribution >= 4 is 0 Å². The molecule has 98 valence electrons. The highest BCUT2D eigenvalue weighted by Crippen LogP contribution is 2.34. The molecule has 1 aliphatic heterocycles. The van der Waals surface area contributed by atoms with Gasteiger partial charge in [0.25, 0.3) is 0 Å². The van der Waals surface area contributed by atoms with Crippen molar-refractivity contribution in [3.05, 3.63) is 11.6 Å². The van der Waals surface area contributed by atoms with E-state index in [-0.39, 0.29) is 5.60 Å². The lowest BCUT2D eigenvalue weighted by molar-refractivity contribution is -0.0962. The Hall–Kier alpha value is -0.340. The summed E-state index contributed by atoms with van der Waals surface area (Å²) < 4.78 is 11.7. The van der Waals surface area contributed by atoms with E-state index < -0.39 is 0 Å². The molecule has 2 heteroatoms. The number of rotatable bonds is 4. The summed E-state index contributed by atoms with van der Waals surface area (Å²) >= 11 is 0. The molecule has 1 saturated heterocycles. The average molecular weight is 238 g/mol. The van der Waals surface area contributed by atoms with Crippen molar-refractivity contribution in [1.82, 2.24) is 0 Å². The van der Waals surface area contributed by atoms with Crippen molar-refractivity contribution in [2.75, 3.05) is 13.2 Å². The average Bonchev–Trinajstić information content (AvgIpc) is 2.80. The molecule has 1 fully saturated rings. The van der Waals surface area contributed by atoms with Gasteiger partial charge < -0.3 is 9.47 Å². The summed E-state index contributed by atoms with van der Waals surface area (Å²) in [7, 11) is 0. The van der Waals surface area contributed by atoms with Crippen LogP contribution in [0.5, 0.6) is 0 Å². The van der Waals surface area contributed by atoms with E-state index in [4.69, 9.17) is 9.47 Å². The SMILES string of the molecule is CC1=CC[C@H](C(C)(C)OC[C@@H]2CCCO2)CC1. The summed E-state index contributed by atoms with van der Waals surface area (Å²) in [6.07, 6.45) is 8.75. The number of hydrogen-bond acceptors (Lipinski definition) is 2. The van der Waals surface area contributed by atoms with Gasteiger partial charge in [0, 0.05) is 6.61 Å². The Bertz CT molecular complexity index is 275. The largest absolute Gasteiger partial charge is 0.376 e. The van der Waals surface area contributed by atoms with Crippen LogP contribution in [-0.2, 0) is 9.47 Å². The highest BCUT2D eigenvalue weighted by atomic mass is 16.5. The van der Waals surface area contributed by atoms with Crippen LogP contribution in [0.3, 0.4) is 0 Å². The van der Waals surface area contributed by atoms with Crippen molar-refractivity contribution in [2.24, 2.45) is 5.92 Å². The van der Waals surface area contributed by atoms with Gasteiger partial charge in [-0.05, 0) is 58.8 Å². The lowest BCUT2D eigenvalue weighted by atomic mass is 9.79. The van der Waals surface area contributed by atoms with Gasteiger partial charge in [-0.25, -0.2) is 0 Å². The van der Waals surface area contributed by atoms with Gasteiger partial charge in [0.05, 0.1) is 18.3 Å². The Balaban J connectivity index is 1.80. The predicted octanol–water partition coefficient (Wildman–Crippen LogP) is 3.71. The van der Waals surface area contributed by atoms with E-state index in [1.165, 1.54) is 37.7 Å². The van der Waals surface area contributed by atoms with Gasteiger partial charge in [-0.15, -0.1) is 0 Å². The first-order chi connectivity index (χ1) is 8.08. The van der Waals surface area contributed by atoms with Crippen LogP contribution in [0.1, 0.15) is 52.9 Å². The highest BCUT2D eigenvalue weighted by Gasteiger charge is 2.32. The van der Waals surface area contributed by atoms with Crippen LogP contribution in [0.25, 0.3) is 0 Å². The smallest absolute Gasteiger partial charge is 0.0809 e. The van der Waals surface area contributed by atoms with Crippen LogP contribution >= 0.6 is 0 Å². The van der Waals surface area contributed by atoms with E-state index in [0.717, 1.165) is 13.2 Å². The first-order valence-electron chi connectivity index (χ1n) is 6.99. The molecule has 0 aromatic carbocycles. The molecule has 0 N–H and O–H groups in total. The molecule has 0 saturated carbocycles.